The normalized spacial score (nSPS) is 13.7. The molecular formula is C14H17F2NO3. The molecule has 0 heterocycles. The number of rotatable bonds is 7. The van der Waals surface area contributed by atoms with E-state index in [0.717, 1.165) is 0 Å². The molecule has 6 heteroatoms. The van der Waals surface area contributed by atoms with Crippen molar-refractivity contribution in [3.8, 4) is 5.75 Å². The van der Waals surface area contributed by atoms with Gasteiger partial charge in [0.2, 0.25) is 0 Å². The molecule has 1 aromatic carbocycles. The first-order chi connectivity index (χ1) is 9.45. The fourth-order valence-corrected chi connectivity index (χ4v) is 1.84. The molecule has 0 aliphatic rings. The summed E-state index contributed by atoms with van der Waals surface area (Å²) in [7, 11) is 1.23. The third-order valence-corrected chi connectivity index (χ3v) is 2.84. The van der Waals surface area contributed by atoms with Crippen molar-refractivity contribution in [3.05, 3.63) is 42.5 Å². The van der Waals surface area contributed by atoms with Gasteiger partial charge in [0.25, 0.3) is 0 Å². The molecule has 1 unspecified atom stereocenters. The number of hydrogen-bond acceptors (Lipinski definition) is 4. The average molecular weight is 285 g/mol. The van der Waals surface area contributed by atoms with Gasteiger partial charge in [-0.2, -0.15) is 8.78 Å². The highest BCUT2D eigenvalue weighted by Gasteiger charge is 2.38. The van der Waals surface area contributed by atoms with Crippen molar-refractivity contribution in [1.82, 2.24) is 5.32 Å². The molecular weight excluding hydrogens is 268 g/mol. The number of hydrogen-bond donors (Lipinski definition) is 1. The second kappa shape index (κ2) is 7.00. The first kappa shape index (κ1) is 16.1. The van der Waals surface area contributed by atoms with Gasteiger partial charge < -0.3 is 9.47 Å². The van der Waals surface area contributed by atoms with Crippen LogP contribution in [0.15, 0.2) is 36.9 Å². The molecule has 0 bridgehead atoms. The summed E-state index contributed by atoms with van der Waals surface area (Å²) in [5.74, 6) is -0.684. The van der Waals surface area contributed by atoms with Crippen LogP contribution in [-0.4, -0.2) is 26.2 Å². The largest absolute Gasteiger partial charge is 0.467 e. The summed E-state index contributed by atoms with van der Waals surface area (Å²) in [5, 5.41) is 2.91. The van der Waals surface area contributed by atoms with Crippen molar-refractivity contribution in [1.29, 1.82) is 0 Å². The Labute approximate surface area is 116 Å². The molecule has 1 rings (SSSR count). The van der Waals surface area contributed by atoms with Gasteiger partial charge in [-0.1, -0.05) is 24.3 Å². The standard InChI is InChI=1S/C14H17F2NO3/c1-4-9-17-14(2,12(18)19-3)10-7-5-6-8-11(10)20-13(15)16/h4-8,13,17H,1,9H2,2-3H3. The quantitative estimate of drug-likeness (QED) is 0.617. The summed E-state index contributed by atoms with van der Waals surface area (Å²) < 4.78 is 34.1. The molecule has 20 heavy (non-hydrogen) atoms. The smallest absolute Gasteiger partial charge is 0.387 e. The zero-order valence-corrected chi connectivity index (χ0v) is 11.4. The molecule has 0 saturated heterocycles. The van der Waals surface area contributed by atoms with Gasteiger partial charge in [-0.3, -0.25) is 5.32 Å². The maximum absolute atomic E-state index is 12.4. The number of esters is 1. The maximum Gasteiger partial charge on any atom is 0.387 e. The molecule has 1 N–H and O–H groups in total. The Morgan fingerprint density at radius 2 is 2.15 bits per heavy atom. The first-order valence-electron chi connectivity index (χ1n) is 5.94. The molecule has 1 aromatic rings. The summed E-state index contributed by atoms with van der Waals surface area (Å²) in [6, 6.07) is 6.08. The van der Waals surface area contributed by atoms with Gasteiger partial charge in [-0.15, -0.1) is 6.58 Å². The van der Waals surface area contributed by atoms with Crippen LogP contribution in [0.5, 0.6) is 5.75 Å². The lowest BCUT2D eigenvalue weighted by molar-refractivity contribution is -0.148. The average Bonchev–Trinajstić information content (AvgIpc) is 2.43. The molecule has 0 amide bonds. The molecule has 0 aliphatic carbocycles. The summed E-state index contributed by atoms with van der Waals surface area (Å²) in [6.07, 6.45) is 1.55. The predicted octanol–water partition coefficient (Wildman–Crippen LogP) is 2.45. The van der Waals surface area contributed by atoms with Crippen molar-refractivity contribution >= 4 is 5.97 Å². The van der Waals surface area contributed by atoms with E-state index in [1.807, 2.05) is 0 Å². The zero-order chi connectivity index (χ0) is 15.2. The third-order valence-electron chi connectivity index (χ3n) is 2.84. The summed E-state index contributed by atoms with van der Waals surface area (Å²) in [6.45, 7) is 2.41. The molecule has 110 valence electrons. The van der Waals surface area contributed by atoms with Crippen LogP contribution in [0, 0.1) is 0 Å². The van der Waals surface area contributed by atoms with Crippen LogP contribution in [0.3, 0.4) is 0 Å². The Morgan fingerprint density at radius 3 is 2.70 bits per heavy atom. The van der Waals surface area contributed by atoms with E-state index >= 15 is 0 Å². The van der Waals surface area contributed by atoms with E-state index in [1.165, 1.54) is 26.2 Å². The highest BCUT2D eigenvalue weighted by molar-refractivity contribution is 5.83. The molecule has 0 radical (unpaired) electrons. The van der Waals surface area contributed by atoms with Gasteiger partial charge in [0.05, 0.1) is 7.11 Å². The minimum absolute atomic E-state index is 0.0769. The number of para-hydroxylation sites is 1. The third kappa shape index (κ3) is 3.54. The van der Waals surface area contributed by atoms with E-state index in [0.29, 0.717) is 6.54 Å². The topological polar surface area (TPSA) is 47.6 Å². The van der Waals surface area contributed by atoms with Gasteiger partial charge >= 0.3 is 12.6 Å². The summed E-state index contributed by atoms with van der Waals surface area (Å²) >= 11 is 0. The minimum Gasteiger partial charge on any atom is -0.467 e. The minimum atomic E-state index is -2.97. The van der Waals surface area contributed by atoms with Crippen molar-refractivity contribution in [2.45, 2.75) is 19.1 Å². The second-order valence-corrected chi connectivity index (χ2v) is 4.16. The van der Waals surface area contributed by atoms with Gasteiger partial charge in [-0.05, 0) is 13.0 Å². The SMILES string of the molecule is C=CCNC(C)(C(=O)OC)c1ccccc1OC(F)F. The number of benzene rings is 1. The maximum atomic E-state index is 12.4. The summed E-state index contributed by atoms with van der Waals surface area (Å²) in [4.78, 5) is 12.0. The van der Waals surface area contributed by atoms with Crippen LogP contribution in [0.2, 0.25) is 0 Å². The van der Waals surface area contributed by atoms with Gasteiger partial charge in [0.15, 0.2) is 0 Å². The van der Waals surface area contributed by atoms with E-state index < -0.39 is 18.1 Å². The van der Waals surface area contributed by atoms with E-state index in [2.05, 4.69) is 16.6 Å². The highest BCUT2D eigenvalue weighted by atomic mass is 19.3. The molecule has 0 spiro atoms. The van der Waals surface area contributed by atoms with E-state index in [1.54, 1.807) is 18.2 Å². The Bertz CT molecular complexity index is 479. The Kier molecular flexibility index (Phi) is 5.64. The Hall–Kier alpha value is -1.95. The highest BCUT2D eigenvalue weighted by Crippen LogP contribution is 2.31. The van der Waals surface area contributed by atoms with Crippen molar-refractivity contribution in [3.63, 3.8) is 0 Å². The number of halogens is 2. The number of carbonyl (C=O) groups excluding carboxylic acids is 1. The first-order valence-corrected chi connectivity index (χ1v) is 5.94. The molecule has 0 fully saturated rings. The van der Waals surface area contributed by atoms with Crippen molar-refractivity contribution in [2.24, 2.45) is 0 Å². The molecule has 4 nitrogen and oxygen atoms in total. The predicted molar refractivity (Wildman–Crippen MR) is 70.6 cm³/mol. The van der Waals surface area contributed by atoms with Gasteiger partial charge in [0, 0.05) is 12.1 Å². The van der Waals surface area contributed by atoms with Crippen LogP contribution >= 0.6 is 0 Å². The number of alkyl halides is 2. The Morgan fingerprint density at radius 1 is 1.50 bits per heavy atom. The fourth-order valence-electron chi connectivity index (χ4n) is 1.84. The lowest BCUT2D eigenvalue weighted by Gasteiger charge is -2.29. The van der Waals surface area contributed by atoms with E-state index in [4.69, 9.17) is 4.74 Å². The second-order valence-electron chi connectivity index (χ2n) is 4.16. The van der Waals surface area contributed by atoms with Crippen molar-refractivity contribution in [2.75, 3.05) is 13.7 Å². The van der Waals surface area contributed by atoms with Crippen molar-refractivity contribution < 1.29 is 23.0 Å². The lowest BCUT2D eigenvalue weighted by atomic mass is 9.91. The van der Waals surface area contributed by atoms with E-state index in [9.17, 15) is 13.6 Å². The van der Waals surface area contributed by atoms with Crippen LogP contribution < -0.4 is 10.1 Å². The Balaban J connectivity index is 3.26. The van der Waals surface area contributed by atoms with Gasteiger partial charge in [-0.25, -0.2) is 4.79 Å². The molecule has 0 saturated carbocycles. The lowest BCUT2D eigenvalue weighted by Crippen LogP contribution is -2.47. The van der Waals surface area contributed by atoms with Crippen LogP contribution in [0.4, 0.5) is 8.78 Å². The van der Waals surface area contributed by atoms with Crippen LogP contribution in [0.25, 0.3) is 0 Å². The number of methoxy groups -OCH3 is 1. The fraction of sp³-hybridized carbons (Fsp3) is 0.357. The van der Waals surface area contributed by atoms with Crippen LogP contribution in [-0.2, 0) is 15.1 Å². The molecule has 0 aromatic heterocycles. The number of nitrogens with one attached hydrogen (secondary N) is 1. The molecule has 1 atom stereocenters. The zero-order valence-electron chi connectivity index (χ0n) is 11.4. The number of ether oxygens (including phenoxy) is 2. The van der Waals surface area contributed by atoms with Gasteiger partial charge in [0.1, 0.15) is 11.3 Å². The summed E-state index contributed by atoms with van der Waals surface area (Å²) in [5.41, 5.74) is -1.04. The molecule has 0 aliphatic heterocycles. The van der Waals surface area contributed by atoms with Crippen LogP contribution in [0.1, 0.15) is 12.5 Å². The monoisotopic (exact) mass is 285 g/mol. The van der Waals surface area contributed by atoms with E-state index in [-0.39, 0.29) is 11.3 Å². The number of carbonyl (C=O) groups is 1.